The van der Waals surface area contributed by atoms with Gasteiger partial charge in [0.25, 0.3) is 0 Å². The highest BCUT2D eigenvalue weighted by Crippen LogP contribution is 2.18. The van der Waals surface area contributed by atoms with E-state index in [0.717, 1.165) is 11.4 Å². The van der Waals surface area contributed by atoms with Crippen molar-refractivity contribution >= 4 is 51.3 Å². The molecule has 10 heteroatoms. The molecule has 0 bridgehead atoms. The van der Waals surface area contributed by atoms with Crippen LogP contribution in [0.2, 0.25) is 0 Å². The van der Waals surface area contributed by atoms with Gasteiger partial charge >= 0.3 is 0 Å². The number of nitrogens with one attached hydrogen (secondary N) is 3. The summed E-state index contributed by atoms with van der Waals surface area (Å²) in [6, 6.07) is 6.96. The zero-order valence-electron chi connectivity index (χ0n) is 17.4. The van der Waals surface area contributed by atoms with Crippen molar-refractivity contribution in [2.45, 2.75) is 57.6 Å². The second-order valence-electron chi connectivity index (χ2n) is 7.32. The molecule has 0 aliphatic heterocycles. The number of rotatable bonds is 7. The SMILES string of the molecule is CCc1cnc(CNC(=NC)NCc2ccccc2S(=O)(=O)NC(C)(C)C)s1.I. The molecule has 2 rings (SSSR count). The Balaban J connectivity index is 0.00000420. The van der Waals surface area contributed by atoms with Gasteiger partial charge < -0.3 is 10.6 Å². The fraction of sp³-hybridized carbons (Fsp3) is 0.474. The van der Waals surface area contributed by atoms with Gasteiger partial charge in [0.2, 0.25) is 10.0 Å². The quantitative estimate of drug-likeness (QED) is 0.279. The van der Waals surface area contributed by atoms with E-state index >= 15 is 0 Å². The predicted octanol–water partition coefficient (Wildman–Crippen LogP) is 3.27. The number of aryl methyl sites for hydroxylation is 1. The molecular weight excluding hydrogens is 521 g/mol. The molecule has 0 amide bonds. The Morgan fingerprint density at radius 1 is 1.17 bits per heavy atom. The molecule has 1 aromatic carbocycles. The van der Waals surface area contributed by atoms with E-state index in [-0.39, 0.29) is 28.9 Å². The predicted molar refractivity (Wildman–Crippen MR) is 130 cm³/mol. The van der Waals surface area contributed by atoms with Crippen LogP contribution in [0.15, 0.2) is 40.4 Å². The molecule has 0 fully saturated rings. The van der Waals surface area contributed by atoms with E-state index in [1.165, 1.54) is 4.88 Å². The Labute approximate surface area is 194 Å². The zero-order chi connectivity index (χ0) is 20.8. The lowest BCUT2D eigenvalue weighted by atomic mass is 10.1. The summed E-state index contributed by atoms with van der Waals surface area (Å²) in [5.41, 5.74) is 0.117. The van der Waals surface area contributed by atoms with Gasteiger partial charge in [-0.25, -0.2) is 18.1 Å². The smallest absolute Gasteiger partial charge is 0.241 e. The number of benzene rings is 1. The standard InChI is InChI=1S/C19H29N5O2S2.HI/c1-6-15-12-21-17(27-15)13-23-18(20-5)22-11-14-9-7-8-10-16(14)28(25,26)24-19(2,3)4;/h7-10,12,24H,6,11,13H2,1-5H3,(H2,20,22,23);1H. The molecule has 0 unspecified atom stereocenters. The van der Waals surface area contributed by atoms with Crippen LogP contribution in [0.25, 0.3) is 0 Å². The summed E-state index contributed by atoms with van der Waals surface area (Å²) < 4.78 is 28.2. The second kappa shape index (κ2) is 11.2. The number of guanidine groups is 1. The van der Waals surface area contributed by atoms with Crippen molar-refractivity contribution in [3.63, 3.8) is 0 Å². The van der Waals surface area contributed by atoms with Crippen molar-refractivity contribution in [2.75, 3.05) is 7.05 Å². The molecule has 0 radical (unpaired) electrons. The second-order valence-corrected chi connectivity index (χ2v) is 10.2. The maximum atomic E-state index is 12.7. The van der Waals surface area contributed by atoms with Crippen molar-refractivity contribution in [3.8, 4) is 0 Å². The Bertz CT molecular complexity index is 921. The molecule has 0 spiro atoms. The molecule has 0 aliphatic rings. The minimum atomic E-state index is -3.62. The number of sulfonamides is 1. The van der Waals surface area contributed by atoms with Gasteiger partial charge in [-0.1, -0.05) is 25.1 Å². The van der Waals surface area contributed by atoms with Crippen molar-refractivity contribution in [1.82, 2.24) is 20.3 Å². The van der Waals surface area contributed by atoms with Crippen LogP contribution >= 0.6 is 35.3 Å². The molecule has 1 aromatic heterocycles. The van der Waals surface area contributed by atoms with Crippen LogP contribution in [0.4, 0.5) is 0 Å². The summed E-state index contributed by atoms with van der Waals surface area (Å²) >= 11 is 1.67. The van der Waals surface area contributed by atoms with Crippen LogP contribution < -0.4 is 15.4 Å². The highest BCUT2D eigenvalue weighted by Gasteiger charge is 2.24. The average Bonchev–Trinajstić information content (AvgIpc) is 3.08. The summed E-state index contributed by atoms with van der Waals surface area (Å²) in [5.74, 6) is 0.587. The molecule has 29 heavy (non-hydrogen) atoms. The number of aromatic nitrogens is 1. The molecule has 0 saturated carbocycles. The Hall–Kier alpha value is -1.24. The van der Waals surface area contributed by atoms with Gasteiger partial charge in [0, 0.05) is 30.2 Å². The average molecular weight is 552 g/mol. The summed E-state index contributed by atoms with van der Waals surface area (Å²) in [7, 11) is -1.94. The third kappa shape index (κ3) is 8.19. The maximum Gasteiger partial charge on any atom is 0.241 e. The largest absolute Gasteiger partial charge is 0.352 e. The lowest BCUT2D eigenvalue weighted by Crippen LogP contribution is -2.41. The van der Waals surface area contributed by atoms with Crippen molar-refractivity contribution in [2.24, 2.45) is 4.99 Å². The number of aliphatic imine (C=N–C) groups is 1. The Kier molecular flexibility index (Phi) is 9.99. The van der Waals surface area contributed by atoms with Gasteiger partial charge in [-0.2, -0.15) is 0 Å². The number of thiazole rings is 1. The van der Waals surface area contributed by atoms with Crippen molar-refractivity contribution < 1.29 is 8.42 Å². The van der Waals surface area contributed by atoms with E-state index < -0.39 is 15.6 Å². The van der Waals surface area contributed by atoms with Gasteiger partial charge in [0.15, 0.2) is 5.96 Å². The van der Waals surface area contributed by atoms with Crippen molar-refractivity contribution in [3.05, 3.63) is 45.9 Å². The van der Waals surface area contributed by atoms with Crippen LogP contribution in [-0.4, -0.2) is 31.9 Å². The van der Waals surface area contributed by atoms with Gasteiger partial charge in [-0.05, 0) is 38.8 Å². The van der Waals surface area contributed by atoms with Gasteiger partial charge in [-0.3, -0.25) is 4.99 Å². The fourth-order valence-electron chi connectivity index (χ4n) is 2.52. The highest BCUT2D eigenvalue weighted by molar-refractivity contribution is 14.0. The third-order valence-corrected chi connectivity index (χ3v) is 6.73. The monoisotopic (exact) mass is 551 g/mol. The van der Waals surface area contributed by atoms with Crippen LogP contribution in [0.3, 0.4) is 0 Å². The van der Waals surface area contributed by atoms with Crippen LogP contribution in [0.5, 0.6) is 0 Å². The molecule has 2 aromatic rings. The topological polar surface area (TPSA) is 95.5 Å². The number of hydrogen-bond acceptors (Lipinski definition) is 5. The lowest BCUT2D eigenvalue weighted by Gasteiger charge is -2.22. The number of nitrogens with zero attached hydrogens (tertiary/aromatic N) is 2. The van der Waals surface area contributed by atoms with Crippen molar-refractivity contribution in [1.29, 1.82) is 0 Å². The summed E-state index contributed by atoms with van der Waals surface area (Å²) in [6.07, 6.45) is 2.86. The molecule has 1 heterocycles. The normalized spacial score (nSPS) is 12.4. The molecule has 0 saturated heterocycles. The maximum absolute atomic E-state index is 12.7. The van der Waals surface area contributed by atoms with E-state index in [1.807, 2.05) is 33.0 Å². The summed E-state index contributed by atoms with van der Waals surface area (Å²) in [6.45, 7) is 8.46. The van der Waals surface area contributed by atoms with Gasteiger partial charge in [-0.15, -0.1) is 35.3 Å². The minimum Gasteiger partial charge on any atom is -0.352 e. The van der Waals surface area contributed by atoms with E-state index in [4.69, 9.17) is 0 Å². The fourth-order valence-corrected chi connectivity index (χ4v) is 4.98. The summed E-state index contributed by atoms with van der Waals surface area (Å²) in [5, 5.41) is 7.37. The summed E-state index contributed by atoms with van der Waals surface area (Å²) in [4.78, 5) is 10.1. The first kappa shape index (κ1) is 25.8. The molecule has 0 aliphatic carbocycles. The molecule has 3 N–H and O–H groups in total. The van der Waals surface area contributed by atoms with E-state index in [0.29, 0.717) is 24.6 Å². The molecule has 7 nitrogen and oxygen atoms in total. The molecular formula is C19H30IN5O2S2. The van der Waals surface area contributed by atoms with E-state index in [9.17, 15) is 8.42 Å². The Morgan fingerprint density at radius 3 is 2.41 bits per heavy atom. The minimum absolute atomic E-state index is 0. The van der Waals surface area contributed by atoms with Gasteiger partial charge in [0.05, 0.1) is 11.4 Å². The lowest BCUT2D eigenvalue weighted by molar-refractivity contribution is 0.491. The van der Waals surface area contributed by atoms with Crippen LogP contribution in [0.1, 0.15) is 43.1 Å². The van der Waals surface area contributed by atoms with Crippen LogP contribution in [0, 0.1) is 0 Å². The van der Waals surface area contributed by atoms with Gasteiger partial charge in [0.1, 0.15) is 5.01 Å². The number of hydrogen-bond donors (Lipinski definition) is 3. The Morgan fingerprint density at radius 2 is 1.83 bits per heavy atom. The van der Waals surface area contributed by atoms with E-state index in [1.54, 1.807) is 36.6 Å². The molecule has 162 valence electrons. The third-order valence-electron chi connectivity index (χ3n) is 3.73. The first-order valence-electron chi connectivity index (χ1n) is 9.14. The highest BCUT2D eigenvalue weighted by atomic mass is 127. The van der Waals surface area contributed by atoms with Crippen LogP contribution in [-0.2, 0) is 29.5 Å². The first-order valence-corrected chi connectivity index (χ1v) is 11.4. The zero-order valence-corrected chi connectivity index (χ0v) is 21.4. The molecule has 0 atom stereocenters. The number of halogens is 1. The van der Waals surface area contributed by atoms with E-state index in [2.05, 4.69) is 32.3 Å². The first-order chi connectivity index (χ1) is 13.1.